The van der Waals surface area contributed by atoms with Crippen LogP contribution in [0, 0.1) is 0 Å². The molecular formula is C17H26ClN3O2. The molecule has 0 bridgehead atoms. The van der Waals surface area contributed by atoms with Crippen molar-refractivity contribution in [2.75, 3.05) is 26.7 Å². The number of carbonyl (C=O) groups is 1. The van der Waals surface area contributed by atoms with E-state index in [0.717, 1.165) is 35.8 Å². The van der Waals surface area contributed by atoms with Crippen molar-refractivity contribution in [3.8, 4) is 5.75 Å². The Morgan fingerprint density at radius 2 is 2.30 bits per heavy atom. The Morgan fingerprint density at radius 1 is 1.48 bits per heavy atom. The fourth-order valence-corrected chi connectivity index (χ4v) is 3.15. The molecule has 0 aromatic heterocycles. The number of halogens is 1. The lowest BCUT2D eigenvalue weighted by Gasteiger charge is -2.36. The third-order valence-corrected chi connectivity index (χ3v) is 4.65. The predicted octanol–water partition coefficient (Wildman–Crippen LogP) is 2.17. The van der Waals surface area contributed by atoms with Crippen molar-refractivity contribution in [2.24, 2.45) is 5.73 Å². The SMILES string of the molecule is COc1ccc(Cl)c(CN2CCCCC2CNC(=O)CCN)c1. The number of nitrogens with one attached hydrogen (secondary N) is 1. The van der Waals surface area contributed by atoms with E-state index in [9.17, 15) is 4.79 Å². The molecule has 1 saturated heterocycles. The smallest absolute Gasteiger partial charge is 0.221 e. The van der Waals surface area contributed by atoms with Crippen molar-refractivity contribution in [2.45, 2.75) is 38.3 Å². The summed E-state index contributed by atoms with van der Waals surface area (Å²) in [6.45, 7) is 2.85. The molecule has 1 heterocycles. The molecule has 1 aromatic rings. The van der Waals surface area contributed by atoms with Gasteiger partial charge in [-0.1, -0.05) is 18.0 Å². The van der Waals surface area contributed by atoms with Crippen LogP contribution in [-0.4, -0.2) is 43.6 Å². The van der Waals surface area contributed by atoms with E-state index in [0.29, 0.717) is 25.6 Å². The van der Waals surface area contributed by atoms with Crippen molar-refractivity contribution in [1.82, 2.24) is 10.2 Å². The van der Waals surface area contributed by atoms with Gasteiger partial charge in [-0.3, -0.25) is 9.69 Å². The average Bonchev–Trinajstić information content (AvgIpc) is 2.56. The molecule has 1 atom stereocenters. The third kappa shape index (κ3) is 5.37. The second kappa shape index (κ2) is 9.11. The highest BCUT2D eigenvalue weighted by Gasteiger charge is 2.23. The summed E-state index contributed by atoms with van der Waals surface area (Å²) in [5.41, 5.74) is 6.48. The molecule has 0 spiro atoms. The Bertz CT molecular complexity index is 525. The molecule has 1 unspecified atom stereocenters. The largest absolute Gasteiger partial charge is 0.497 e. The highest BCUT2D eigenvalue weighted by Crippen LogP contribution is 2.26. The van der Waals surface area contributed by atoms with E-state index in [-0.39, 0.29) is 5.91 Å². The molecule has 1 fully saturated rings. The lowest BCUT2D eigenvalue weighted by atomic mass is 10.0. The molecule has 2 rings (SSSR count). The average molecular weight is 340 g/mol. The van der Waals surface area contributed by atoms with Gasteiger partial charge >= 0.3 is 0 Å². The maximum Gasteiger partial charge on any atom is 0.221 e. The van der Waals surface area contributed by atoms with Gasteiger partial charge in [0.15, 0.2) is 0 Å². The van der Waals surface area contributed by atoms with Crippen molar-refractivity contribution in [3.05, 3.63) is 28.8 Å². The van der Waals surface area contributed by atoms with Crippen LogP contribution in [0.25, 0.3) is 0 Å². The fraction of sp³-hybridized carbons (Fsp3) is 0.588. The first-order chi connectivity index (χ1) is 11.1. The topological polar surface area (TPSA) is 67.6 Å². The summed E-state index contributed by atoms with van der Waals surface area (Å²) in [6, 6.07) is 6.07. The molecule has 23 heavy (non-hydrogen) atoms. The molecular weight excluding hydrogens is 314 g/mol. The van der Waals surface area contributed by atoms with E-state index >= 15 is 0 Å². The number of likely N-dealkylation sites (tertiary alicyclic amines) is 1. The summed E-state index contributed by atoms with van der Waals surface area (Å²) in [5.74, 6) is 0.839. The minimum atomic E-state index is 0.0254. The van der Waals surface area contributed by atoms with Crippen LogP contribution in [0.2, 0.25) is 5.02 Å². The van der Waals surface area contributed by atoms with E-state index in [1.54, 1.807) is 7.11 Å². The lowest BCUT2D eigenvalue weighted by Crippen LogP contribution is -2.46. The zero-order valence-electron chi connectivity index (χ0n) is 13.7. The van der Waals surface area contributed by atoms with Gasteiger partial charge in [0.1, 0.15) is 5.75 Å². The number of ether oxygens (including phenoxy) is 1. The van der Waals surface area contributed by atoms with E-state index in [1.807, 2.05) is 18.2 Å². The molecule has 0 aliphatic carbocycles. The quantitative estimate of drug-likeness (QED) is 0.799. The summed E-state index contributed by atoms with van der Waals surface area (Å²) in [4.78, 5) is 14.0. The normalized spacial score (nSPS) is 18.7. The van der Waals surface area contributed by atoms with Gasteiger partial charge in [-0.15, -0.1) is 0 Å². The molecule has 1 aromatic carbocycles. The molecule has 6 heteroatoms. The fourth-order valence-electron chi connectivity index (χ4n) is 2.97. The van der Waals surface area contributed by atoms with Crippen LogP contribution in [0.5, 0.6) is 5.75 Å². The summed E-state index contributed by atoms with van der Waals surface area (Å²) in [6.07, 6.45) is 3.84. The van der Waals surface area contributed by atoms with Crippen LogP contribution in [0.4, 0.5) is 0 Å². The molecule has 0 radical (unpaired) electrons. The Kier molecular flexibility index (Phi) is 7.15. The molecule has 0 saturated carbocycles. The van der Waals surface area contributed by atoms with Gasteiger partial charge in [0, 0.05) is 37.1 Å². The van der Waals surface area contributed by atoms with Crippen molar-refractivity contribution < 1.29 is 9.53 Å². The number of amides is 1. The predicted molar refractivity (Wildman–Crippen MR) is 92.7 cm³/mol. The number of piperidine rings is 1. The number of hydrogen-bond acceptors (Lipinski definition) is 4. The van der Waals surface area contributed by atoms with Gasteiger partial charge in [-0.2, -0.15) is 0 Å². The van der Waals surface area contributed by atoms with Gasteiger partial charge < -0.3 is 15.8 Å². The minimum Gasteiger partial charge on any atom is -0.497 e. The maximum atomic E-state index is 11.6. The highest BCUT2D eigenvalue weighted by molar-refractivity contribution is 6.31. The summed E-state index contributed by atoms with van der Waals surface area (Å²) in [7, 11) is 1.66. The number of methoxy groups -OCH3 is 1. The lowest BCUT2D eigenvalue weighted by molar-refractivity contribution is -0.121. The Labute approximate surface area is 143 Å². The summed E-state index contributed by atoms with van der Waals surface area (Å²) >= 11 is 6.32. The van der Waals surface area contributed by atoms with Gasteiger partial charge in [0.05, 0.1) is 7.11 Å². The van der Waals surface area contributed by atoms with Crippen LogP contribution in [0.3, 0.4) is 0 Å². The molecule has 1 amide bonds. The van der Waals surface area contributed by atoms with Gasteiger partial charge in [0.25, 0.3) is 0 Å². The molecule has 128 valence electrons. The molecule has 1 aliphatic rings. The standard InChI is InChI=1S/C17H26ClN3O2/c1-23-15-5-6-16(18)13(10-15)12-21-9-3-2-4-14(21)11-20-17(22)7-8-19/h5-6,10,14H,2-4,7-9,11-12,19H2,1H3,(H,20,22). The van der Waals surface area contributed by atoms with Crippen LogP contribution in [-0.2, 0) is 11.3 Å². The second-order valence-corrected chi connectivity index (χ2v) is 6.33. The zero-order valence-corrected chi connectivity index (χ0v) is 14.4. The number of rotatable bonds is 7. The third-order valence-electron chi connectivity index (χ3n) is 4.28. The number of hydrogen-bond donors (Lipinski definition) is 2. The number of nitrogens with two attached hydrogens (primary N) is 1. The maximum absolute atomic E-state index is 11.6. The second-order valence-electron chi connectivity index (χ2n) is 5.92. The van der Waals surface area contributed by atoms with Gasteiger partial charge in [-0.25, -0.2) is 0 Å². The Morgan fingerprint density at radius 3 is 3.04 bits per heavy atom. The molecule has 3 N–H and O–H groups in total. The monoisotopic (exact) mass is 339 g/mol. The zero-order chi connectivity index (χ0) is 16.7. The number of benzene rings is 1. The van der Waals surface area contributed by atoms with Crippen molar-refractivity contribution >= 4 is 17.5 Å². The first-order valence-electron chi connectivity index (χ1n) is 8.17. The first-order valence-corrected chi connectivity index (χ1v) is 8.55. The van der Waals surface area contributed by atoms with Crippen LogP contribution in [0.1, 0.15) is 31.2 Å². The Balaban J connectivity index is 1.99. The first kappa shape index (κ1) is 18.0. The van der Waals surface area contributed by atoms with Crippen molar-refractivity contribution in [3.63, 3.8) is 0 Å². The van der Waals surface area contributed by atoms with Gasteiger partial charge in [-0.05, 0) is 43.1 Å². The van der Waals surface area contributed by atoms with Crippen LogP contribution < -0.4 is 15.8 Å². The van der Waals surface area contributed by atoms with Gasteiger partial charge in [0.2, 0.25) is 5.91 Å². The van der Waals surface area contributed by atoms with Crippen LogP contribution in [0.15, 0.2) is 18.2 Å². The molecule has 1 aliphatic heterocycles. The highest BCUT2D eigenvalue weighted by atomic mass is 35.5. The number of carbonyl (C=O) groups excluding carboxylic acids is 1. The minimum absolute atomic E-state index is 0.0254. The van der Waals surface area contributed by atoms with E-state index in [4.69, 9.17) is 22.1 Å². The number of nitrogens with zero attached hydrogens (tertiary/aromatic N) is 1. The summed E-state index contributed by atoms with van der Waals surface area (Å²) < 4.78 is 5.29. The molecule has 5 nitrogen and oxygen atoms in total. The van der Waals surface area contributed by atoms with Crippen molar-refractivity contribution in [1.29, 1.82) is 0 Å². The Hall–Kier alpha value is -1.30. The van der Waals surface area contributed by atoms with E-state index < -0.39 is 0 Å². The van der Waals surface area contributed by atoms with E-state index in [2.05, 4.69) is 10.2 Å². The van der Waals surface area contributed by atoms with Crippen LogP contribution >= 0.6 is 11.6 Å². The summed E-state index contributed by atoms with van der Waals surface area (Å²) in [5, 5.41) is 3.74. The van der Waals surface area contributed by atoms with E-state index in [1.165, 1.54) is 12.8 Å².